The molecule has 0 saturated carbocycles. The number of rotatable bonds is 0. The second kappa shape index (κ2) is 3.37. The largest absolute Gasteiger partial charge is 0.508 e. The normalized spacial score (nSPS) is 16.4. The summed E-state index contributed by atoms with van der Waals surface area (Å²) in [7, 11) is 2.04. The van der Waals surface area contributed by atoms with Gasteiger partial charge in [0.05, 0.1) is 0 Å². The van der Waals surface area contributed by atoms with E-state index in [9.17, 15) is 5.11 Å². The van der Waals surface area contributed by atoms with E-state index in [4.69, 9.17) is 0 Å². The molecule has 1 aliphatic rings. The van der Waals surface area contributed by atoms with Gasteiger partial charge >= 0.3 is 0 Å². The first kappa shape index (κ1) is 9.13. The fraction of sp³-hybridized carbons (Fsp3) is 0.333. The van der Waals surface area contributed by atoms with E-state index in [1.165, 1.54) is 5.56 Å². The number of nitrogens with zero attached hydrogens (tertiary/aromatic N) is 1. The van der Waals surface area contributed by atoms with Crippen LogP contribution in [0.4, 0.5) is 0 Å². The minimum absolute atomic E-state index is 0.320. The SMILES string of the molecule is C=C1c2cc(O)ccc2CCCN1C. The van der Waals surface area contributed by atoms with Gasteiger partial charge in [-0.1, -0.05) is 12.6 Å². The highest BCUT2D eigenvalue weighted by atomic mass is 16.3. The quantitative estimate of drug-likeness (QED) is 0.676. The third-order valence-electron chi connectivity index (χ3n) is 2.80. The van der Waals surface area contributed by atoms with Crippen molar-refractivity contribution in [2.45, 2.75) is 12.8 Å². The van der Waals surface area contributed by atoms with E-state index in [1.807, 2.05) is 13.1 Å². The number of benzene rings is 1. The number of fused-ring (bicyclic) bond motifs is 1. The van der Waals surface area contributed by atoms with Gasteiger partial charge in [-0.2, -0.15) is 0 Å². The molecule has 0 spiro atoms. The van der Waals surface area contributed by atoms with Crippen LogP contribution in [0.15, 0.2) is 24.8 Å². The lowest BCUT2D eigenvalue weighted by Gasteiger charge is -2.19. The molecule has 0 radical (unpaired) electrons. The smallest absolute Gasteiger partial charge is 0.116 e. The van der Waals surface area contributed by atoms with Gasteiger partial charge in [0, 0.05) is 24.9 Å². The summed E-state index contributed by atoms with van der Waals surface area (Å²) in [6, 6.07) is 5.55. The average molecular weight is 189 g/mol. The van der Waals surface area contributed by atoms with Gasteiger partial charge in [-0.05, 0) is 30.5 Å². The van der Waals surface area contributed by atoms with Crippen molar-refractivity contribution in [3.8, 4) is 5.75 Å². The summed E-state index contributed by atoms with van der Waals surface area (Å²) in [5, 5.41) is 9.42. The van der Waals surface area contributed by atoms with Gasteiger partial charge in [-0.15, -0.1) is 0 Å². The second-order valence-electron chi connectivity index (χ2n) is 3.81. The van der Waals surface area contributed by atoms with E-state index in [1.54, 1.807) is 12.1 Å². The molecule has 0 aromatic heterocycles. The third kappa shape index (κ3) is 1.48. The molecule has 1 aromatic rings. The van der Waals surface area contributed by atoms with Crippen LogP contribution in [0, 0.1) is 0 Å². The maximum atomic E-state index is 9.42. The number of hydrogen-bond acceptors (Lipinski definition) is 2. The van der Waals surface area contributed by atoms with E-state index in [0.717, 1.165) is 30.6 Å². The van der Waals surface area contributed by atoms with Crippen LogP contribution in [0.25, 0.3) is 5.70 Å². The average Bonchev–Trinajstić information content (AvgIpc) is 2.30. The van der Waals surface area contributed by atoms with Gasteiger partial charge < -0.3 is 10.0 Å². The second-order valence-corrected chi connectivity index (χ2v) is 3.81. The summed E-state index contributed by atoms with van der Waals surface area (Å²) in [6.45, 7) is 5.09. The highest BCUT2D eigenvalue weighted by molar-refractivity contribution is 5.66. The molecule has 74 valence electrons. The number of aryl methyl sites for hydroxylation is 1. The van der Waals surface area contributed by atoms with Crippen LogP contribution in [0.5, 0.6) is 5.75 Å². The van der Waals surface area contributed by atoms with Crippen molar-refractivity contribution in [3.63, 3.8) is 0 Å². The zero-order valence-electron chi connectivity index (χ0n) is 8.45. The Kier molecular flexibility index (Phi) is 2.20. The Morgan fingerprint density at radius 3 is 3.00 bits per heavy atom. The van der Waals surface area contributed by atoms with Crippen molar-refractivity contribution in [3.05, 3.63) is 35.9 Å². The molecule has 2 heteroatoms. The highest BCUT2D eigenvalue weighted by Crippen LogP contribution is 2.28. The molecule has 0 amide bonds. The molecular weight excluding hydrogens is 174 g/mol. The molecule has 0 aliphatic carbocycles. The molecule has 0 bridgehead atoms. The molecule has 0 atom stereocenters. The number of aromatic hydroxyl groups is 1. The summed E-state index contributed by atoms with van der Waals surface area (Å²) in [6.07, 6.45) is 2.21. The van der Waals surface area contributed by atoms with Gasteiger partial charge in [0.15, 0.2) is 0 Å². The maximum absolute atomic E-state index is 9.42. The monoisotopic (exact) mass is 189 g/mol. The Labute approximate surface area is 84.5 Å². The van der Waals surface area contributed by atoms with E-state index in [2.05, 4.69) is 11.5 Å². The van der Waals surface area contributed by atoms with Gasteiger partial charge in [-0.3, -0.25) is 0 Å². The van der Waals surface area contributed by atoms with Crippen LogP contribution in [-0.4, -0.2) is 23.6 Å². The number of phenolic OH excluding ortho intramolecular Hbond substituents is 1. The molecule has 0 fully saturated rings. The molecule has 1 aliphatic heterocycles. The fourth-order valence-electron chi connectivity index (χ4n) is 1.90. The Morgan fingerprint density at radius 2 is 2.21 bits per heavy atom. The Morgan fingerprint density at radius 1 is 1.43 bits per heavy atom. The molecule has 1 aromatic carbocycles. The highest BCUT2D eigenvalue weighted by Gasteiger charge is 2.14. The van der Waals surface area contributed by atoms with Crippen LogP contribution in [-0.2, 0) is 6.42 Å². The van der Waals surface area contributed by atoms with Crippen molar-refractivity contribution in [2.24, 2.45) is 0 Å². The van der Waals surface area contributed by atoms with Crippen molar-refractivity contribution in [1.29, 1.82) is 0 Å². The predicted molar refractivity (Wildman–Crippen MR) is 58.1 cm³/mol. The van der Waals surface area contributed by atoms with Crippen LogP contribution in [0.2, 0.25) is 0 Å². The Bertz CT molecular complexity index is 371. The molecular formula is C12H15NO. The van der Waals surface area contributed by atoms with Crippen LogP contribution in [0.1, 0.15) is 17.5 Å². The fourth-order valence-corrected chi connectivity index (χ4v) is 1.90. The lowest BCUT2D eigenvalue weighted by molar-refractivity contribution is 0.472. The molecule has 1 heterocycles. The van der Waals surface area contributed by atoms with Gasteiger partial charge in [0.2, 0.25) is 0 Å². The minimum atomic E-state index is 0.320. The molecule has 14 heavy (non-hydrogen) atoms. The first-order valence-electron chi connectivity index (χ1n) is 4.91. The van der Waals surface area contributed by atoms with Crippen LogP contribution < -0.4 is 0 Å². The van der Waals surface area contributed by atoms with Gasteiger partial charge in [0.1, 0.15) is 5.75 Å². The van der Waals surface area contributed by atoms with Gasteiger partial charge in [0.25, 0.3) is 0 Å². The summed E-state index contributed by atoms with van der Waals surface area (Å²) >= 11 is 0. The topological polar surface area (TPSA) is 23.5 Å². The summed E-state index contributed by atoms with van der Waals surface area (Å²) in [5.74, 6) is 0.320. The number of hydrogen-bond donors (Lipinski definition) is 1. The predicted octanol–water partition coefficient (Wildman–Crippen LogP) is 2.24. The van der Waals surface area contributed by atoms with Gasteiger partial charge in [-0.25, -0.2) is 0 Å². The molecule has 0 unspecified atom stereocenters. The first-order valence-corrected chi connectivity index (χ1v) is 4.91. The van der Waals surface area contributed by atoms with Crippen LogP contribution >= 0.6 is 0 Å². The van der Waals surface area contributed by atoms with E-state index in [0.29, 0.717) is 5.75 Å². The van der Waals surface area contributed by atoms with E-state index in [-0.39, 0.29) is 0 Å². The number of phenols is 1. The first-order chi connectivity index (χ1) is 6.68. The van der Waals surface area contributed by atoms with Crippen molar-refractivity contribution in [1.82, 2.24) is 4.90 Å². The lowest BCUT2D eigenvalue weighted by atomic mass is 10.0. The minimum Gasteiger partial charge on any atom is -0.508 e. The summed E-state index contributed by atoms with van der Waals surface area (Å²) in [4.78, 5) is 2.14. The molecule has 0 saturated heterocycles. The van der Waals surface area contributed by atoms with Crippen molar-refractivity contribution >= 4 is 5.70 Å². The Balaban J connectivity index is 2.50. The summed E-state index contributed by atoms with van der Waals surface area (Å²) < 4.78 is 0. The van der Waals surface area contributed by atoms with Crippen LogP contribution in [0.3, 0.4) is 0 Å². The van der Waals surface area contributed by atoms with Crippen molar-refractivity contribution < 1.29 is 5.11 Å². The third-order valence-corrected chi connectivity index (χ3v) is 2.80. The van der Waals surface area contributed by atoms with E-state index < -0.39 is 0 Å². The lowest BCUT2D eigenvalue weighted by Crippen LogP contribution is -2.15. The summed E-state index contributed by atoms with van der Waals surface area (Å²) in [5.41, 5.74) is 3.38. The van der Waals surface area contributed by atoms with Crippen molar-refractivity contribution in [2.75, 3.05) is 13.6 Å². The van der Waals surface area contributed by atoms with E-state index >= 15 is 0 Å². The molecule has 2 nitrogen and oxygen atoms in total. The Hall–Kier alpha value is -1.44. The maximum Gasteiger partial charge on any atom is 0.116 e. The molecule has 1 N–H and O–H groups in total. The molecule has 2 rings (SSSR count). The standard InChI is InChI=1S/C12H15NO/c1-9-12-8-11(14)6-5-10(12)4-3-7-13(9)2/h5-6,8,14H,1,3-4,7H2,2H3. The zero-order chi connectivity index (χ0) is 10.1. The zero-order valence-corrected chi connectivity index (χ0v) is 8.45.